The molecule has 0 aliphatic carbocycles. The van der Waals surface area contributed by atoms with Gasteiger partial charge in [-0.2, -0.15) is 0 Å². The number of ether oxygens (including phenoxy) is 2. The molecule has 0 saturated carbocycles. The van der Waals surface area contributed by atoms with Crippen LogP contribution in [0, 0.1) is 11.6 Å². The van der Waals surface area contributed by atoms with Gasteiger partial charge < -0.3 is 15.2 Å². The fourth-order valence-electron chi connectivity index (χ4n) is 2.00. The summed E-state index contributed by atoms with van der Waals surface area (Å²) < 4.78 is 37.3. The van der Waals surface area contributed by atoms with Gasteiger partial charge in [0, 0.05) is 0 Å². The van der Waals surface area contributed by atoms with Gasteiger partial charge in [0.25, 0.3) is 0 Å². The molecule has 0 radical (unpaired) electrons. The van der Waals surface area contributed by atoms with Crippen LogP contribution in [0.1, 0.15) is 11.1 Å². The molecular weight excluding hydrogens is 276 g/mol. The maximum absolute atomic E-state index is 13.6. The molecule has 21 heavy (non-hydrogen) atoms. The molecule has 0 bridgehead atoms. The molecule has 0 aliphatic heterocycles. The quantitative estimate of drug-likeness (QED) is 0.890. The normalized spacial score (nSPS) is 10.5. The molecular formula is C16H17F2NO2. The lowest BCUT2D eigenvalue weighted by Gasteiger charge is -2.12. The van der Waals surface area contributed by atoms with Crippen molar-refractivity contribution in [2.45, 2.75) is 13.0 Å². The van der Waals surface area contributed by atoms with Crippen LogP contribution in [-0.2, 0) is 13.0 Å². The highest BCUT2D eigenvalue weighted by molar-refractivity contribution is 5.35. The number of methoxy groups -OCH3 is 1. The lowest BCUT2D eigenvalue weighted by atomic mass is 10.1. The Morgan fingerprint density at radius 3 is 2.48 bits per heavy atom. The molecule has 3 nitrogen and oxygen atoms in total. The molecule has 0 heterocycles. The molecule has 0 unspecified atom stereocenters. The van der Waals surface area contributed by atoms with Crippen LogP contribution < -0.4 is 15.2 Å². The van der Waals surface area contributed by atoms with Crippen molar-refractivity contribution in [2.24, 2.45) is 5.73 Å². The standard InChI is InChI=1S/C16H17F2NO2/c1-20-16-4-2-11(8-14(16)18)10-21-15-5-3-13(17)9-12(15)6-7-19/h2-5,8-9H,6-7,10,19H2,1H3. The van der Waals surface area contributed by atoms with Gasteiger partial charge in [-0.1, -0.05) is 6.07 Å². The second-order valence-corrected chi connectivity index (χ2v) is 4.55. The van der Waals surface area contributed by atoms with Crippen molar-refractivity contribution in [1.82, 2.24) is 0 Å². The lowest BCUT2D eigenvalue weighted by molar-refractivity contribution is 0.301. The average molecular weight is 293 g/mol. The molecule has 0 aliphatic rings. The van der Waals surface area contributed by atoms with Crippen molar-refractivity contribution in [2.75, 3.05) is 13.7 Å². The van der Waals surface area contributed by atoms with Gasteiger partial charge in [0.15, 0.2) is 11.6 Å². The Balaban J connectivity index is 2.10. The van der Waals surface area contributed by atoms with Crippen molar-refractivity contribution in [3.05, 3.63) is 59.2 Å². The Hall–Kier alpha value is -2.14. The Kier molecular flexibility index (Phi) is 5.11. The summed E-state index contributed by atoms with van der Waals surface area (Å²) in [5.74, 6) is -0.0383. The van der Waals surface area contributed by atoms with E-state index in [1.165, 1.54) is 25.3 Å². The smallest absolute Gasteiger partial charge is 0.165 e. The molecule has 0 fully saturated rings. The van der Waals surface area contributed by atoms with E-state index in [2.05, 4.69) is 0 Å². The van der Waals surface area contributed by atoms with Crippen LogP contribution in [0.3, 0.4) is 0 Å². The summed E-state index contributed by atoms with van der Waals surface area (Å²) >= 11 is 0. The van der Waals surface area contributed by atoms with Crippen molar-refractivity contribution in [1.29, 1.82) is 0 Å². The molecule has 112 valence electrons. The van der Waals surface area contributed by atoms with E-state index in [-0.39, 0.29) is 18.2 Å². The third kappa shape index (κ3) is 3.92. The number of nitrogens with two attached hydrogens (primary N) is 1. The van der Waals surface area contributed by atoms with Crippen LogP contribution in [-0.4, -0.2) is 13.7 Å². The second kappa shape index (κ2) is 7.04. The number of rotatable bonds is 6. The monoisotopic (exact) mass is 293 g/mol. The predicted molar refractivity (Wildman–Crippen MR) is 76.4 cm³/mol. The molecule has 2 aromatic rings. The molecule has 0 aromatic heterocycles. The first kappa shape index (κ1) is 15.3. The van der Waals surface area contributed by atoms with Crippen molar-refractivity contribution in [3.8, 4) is 11.5 Å². The van der Waals surface area contributed by atoms with Crippen LogP contribution in [0.25, 0.3) is 0 Å². The Morgan fingerprint density at radius 2 is 1.81 bits per heavy atom. The number of halogens is 2. The highest BCUT2D eigenvalue weighted by Gasteiger charge is 2.07. The van der Waals surface area contributed by atoms with Gasteiger partial charge in [0.2, 0.25) is 0 Å². The second-order valence-electron chi connectivity index (χ2n) is 4.55. The Labute approximate surface area is 122 Å². The van der Waals surface area contributed by atoms with Gasteiger partial charge in [0.1, 0.15) is 18.2 Å². The topological polar surface area (TPSA) is 44.5 Å². The molecule has 0 spiro atoms. The molecule has 2 N–H and O–H groups in total. The van der Waals surface area contributed by atoms with Gasteiger partial charge in [-0.05, 0) is 54.4 Å². The number of benzene rings is 2. The predicted octanol–water partition coefficient (Wildman–Crippen LogP) is 3.05. The summed E-state index contributed by atoms with van der Waals surface area (Å²) in [6, 6.07) is 8.89. The van der Waals surface area contributed by atoms with Crippen molar-refractivity contribution < 1.29 is 18.3 Å². The Morgan fingerprint density at radius 1 is 1.05 bits per heavy atom. The minimum absolute atomic E-state index is 0.185. The largest absolute Gasteiger partial charge is 0.494 e. The molecule has 2 rings (SSSR count). The summed E-state index contributed by atoms with van der Waals surface area (Å²) in [5.41, 5.74) is 6.86. The van der Waals surface area contributed by atoms with Gasteiger partial charge >= 0.3 is 0 Å². The first-order valence-electron chi connectivity index (χ1n) is 6.57. The lowest BCUT2D eigenvalue weighted by Crippen LogP contribution is -2.06. The average Bonchev–Trinajstić information content (AvgIpc) is 2.47. The van der Waals surface area contributed by atoms with E-state index in [4.69, 9.17) is 15.2 Å². The van der Waals surface area contributed by atoms with E-state index in [1.807, 2.05) is 0 Å². The zero-order chi connectivity index (χ0) is 15.2. The van der Waals surface area contributed by atoms with Gasteiger partial charge in [-0.3, -0.25) is 0 Å². The molecule has 0 saturated heterocycles. The van der Waals surface area contributed by atoms with Gasteiger partial charge in [0.05, 0.1) is 7.11 Å². The number of hydrogen-bond donors (Lipinski definition) is 1. The zero-order valence-electron chi connectivity index (χ0n) is 11.7. The third-order valence-corrected chi connectivity index (χ3v) is 3.05. The Bertz CT molecular complexity index is 617. The molecule has 0 atom stereocenters. The fraction of sp³-hybridized carbons (Fsp3) is 0.250. The van der Waals surface area contributed by atoms with E-state index in [9.17, 15) is 8.78 Å². The van der Waals surface area contributed by atoms with E-state index in [0.717, 1.165) is 0 Å². The minimum Gasteiger partial charge on any atom is -0.494 e. The van der Waals surface area contributed by atoms with Crippen molar-refractivity contribution >= 4 is 0 Å². The van der Waals surface area contributed by atoms with Crippen LogP contribution in [0.15, 0.2) is 36.4 Å². The van der Waals surface area contributed by atoms with Crippen LogP contribution >= 0.6 is 0 Å². The van der Waals surface area contributed by atoms with Crippen molar-refractivity contribution in [3.63, 3.8) is 0 Å². The highest BCUT2D eigenvalue weighted by atomic mass is 19.1. The maximum atomic E-state index is 13.6. The summed E-state index contributed by atoms with van der Waals surface area (Å²) in [7, 11) is 1.41. The first-order valence-corrected chi connectivity index (χ1v) is 6.57. The molecule has 5 heteroatoms. The summed E-state index contributed by atoms with van der Waals surface area (Å²) in [4.78, 5) is 0. The van der Waals surface area contributed by atoms with E-state index in [1.54, 1.807) is 18.2 Å². The maximum Gasteiger partial charge on any atom is 0.165 e. The molecule has 2 aromatic carbocycles. The van der Waals surface area contributed by atoms with E-state index < -0.39 is 5.82 Å². The number of hydrogen-bond acceptors (Lipinski definition) is 3. The third-order valence-electron chi connectivity index (χ3n) is 3.05. The van der Waals surface area contributed by atoms with Crippen LogP contribution in [0.4, 0.5) is 8.78 Å². The van der Waals surface area contributed by atoms with Gasteiger partial charge in [-0.15, -0.1) is 0 Å². The fourth-order valence-corrected chi connectivity index (χ4v) is 2.00. The summed E-state index contributed by atoms with van der Waals surface area (Å²) in [6.07, 6.45) is 0.518. The summed E-state index contributed by atoms with van der Waals surface area (Å²) in [6.45, 7) is 0.584. The van der Waals surface area contributed by atoms with E-state index >= 15 is 0 Å². The summed E-state index contributed by atoms with van der Waals surface area (Å²) in [5, 5.41) is 0. The first-order chi connectivity index (χ1) is 10.1. The van der Waals surface area contributed by atoms with Crippen LogP contribution in [0.2, 0.25) is 0 Å². The highest BCUT2D eigenvalue weighted by Crippen LogP contribution is 2.23. The SMILES string of the molecule is COc1ccc(COc2ccc(F)cc2CCN)cc1F. The minimum atomic E-state index is -0.445. The van der Waals surface area contributed by atoms with Crippen LogP contribution in [0.5, 0.6) is 11.5 Å². The zero-order valence-corrected chi connectivity index (χ0v) is 11.7. The van der Waals surface area contributed by atoms with Gasteiger partial charge in [-0.25, -0.2) is 8.78 Å². The van der Waals surface area contributed by atoms with E-state index in [0.29, 0.717) is 29.8 Å². The molecule has 0 amide bonds.